The molecule has 0 radical (unpaired) electrons. The first kappa shape index (κ1) is 24.7. The molecule has 0 bridgehead atoms. The number of rotatable bonds is 6. The number of carbonyl (C=O) groups excluding carboxylic acids is 3. The van der Waals surface area contributed by atoms with Crippen LogP contribution >= 0.6 is 11.6 Å². The number of aromatic nitrogens is 1. The summed E-state index contributed by atoms with van der Waals surface area (Å²) in [6, 6.07) is 9.48. The van der Waals surface area contributed by atoms with E-state index in [0.717, 1.165) is 5.56 Å². The Morgan fingerprint density at radius 1 is 1.06 bits per heavy atom. The monoisotopic (exact) mass is 499 g/mol. The van der Waals surface area contributed by atoms with Gasteiger partial charge in [0.15, 0.2) is 0 Å². The number of fused-ring (bicyclic) bond motifs is 1. The Bertz CT molecular complexity index is 1340. The number of piperazine rings is 1. The van der Waals surface area contributed by atoms with Gasteiger partial charge in [0, 0.05) is 44.2 Å². The summed E-state index contributed by atoms with van der Waals surface area (Å²) in [5, 5.41) is 0.541. The topological polar surface area (TPSA) is 115 Å². The third-order valence-electron chi connectivity index (χ3n) is 6.66. The van der Waals surface area contributed by atoms with Gasteiger partial charge in [0.1, 0.15) is 11.6 Å². The lowest BCUT2D eigenvalue weighted by molar-refractivity contribution is -0.114. The Kier molecular flexibility index (Phi) is 6.57. The lowest BCUT2D eigenvalue weighted by Crippen LogP contribution is -2.56. The molecular formula is C25H27ClFN5O3. The minimum Gasteiger partial charge on any atom is -0.366 e. The fourth-order valence-corrected chi connectivity index (χ4v) is 5.10. The van der Waals surface area contributed by atoms with Crippen LogP contribution in [0.1, 0.15) is 40.1 Å². The van der Waals surface area contributed by atoms with Crippen molar-refractivity contribution in [2.45, 2.75) is 32.5 Å². The highest BCUT2D eigenvalue weighted by atomic mass is 35.5. The molecule has 4 N–H and O–H groups in total. The van der Waals surface area contributed by atoms with Crippen LogP contribution in [0, 0.1) is 5.82 Å². The smallest absolute Gasteiger partial charge is 0.289 e. The number of Topliss-reactive ketones (excluding diaryl/α,β-unsaturated/α-hetero) is 1. The van der Waals surface area contributed by atoms with E-state index in [4.69, 9.17) is 23.1 Å². The van der Waals surface area contributed by atoms with Crippen LogP contribution in [-0.4, -0.2) is 52.2 Å². The predicted octanol–water partition coefficient (Wildman–Crippen LogP) is 2.84. The van der Waals surface area contributed by atoms with E-state index in [1.54, 1.807) is 29.8 Å². The molecule has 184 valence electrons. The van der Waals surface area contributed by atoms with Gasteiger partial charge in [-0.3, -0.25) is 19.3 Å². The molecule has 3 aromatic rings. The van der Waals surface area contributed by atoms with E-state index in [1.807, 2.05) is 6.92 Å². The average Bonchev–Trinajstić information content (AvgIpc) is 3.07. The second-order valence-corrected chi connectivity index (χ2v) is 9.48. The van der Waals surface area contributed by atoms with E-state index in [1.165, 1.54) is 18.2 Å². The molecule has 2 atom stereocenters. The number of benzene rings is 2. The van der Waals surface area contributed by atoms with Crippen molar-refractivity contribution in [2.75, 3.05) is 18.0 Å². The maximum atomic E-state index is 13.3. The van der Waals surface area contributed by atoms with Crippen LogP contribution in [-0.2, 0) is 18.4 Å². The number of amides is 2. The molecular weight excluding hydrogens is 473 g/mol. The average molecular weight is 500 g/mol. The number of ketones is 1. The van der Waals surface area contributed by atoms with Crippen molar-refractivity contribution in [1.29, 1.82) is 0 Å². The van der Waals surface area contributed by atoms with Crippen molar-refractivity contribution in [3.05, 3.63) is 63.9 Å². The molecule has 1 aromatic heterocycles. The van der Waals surface area contributed by atoms with Crippen molar-refractivity contribution in [3.8, 4) is 0 Å². The van der Waals surface area contributed by atoms with Gasteiger partial charge in [-0.05, 0) is 43.7 Å². The Balaban J connectivity index is 1.77. The normalized spacial score (nSPS) is 18.7. The van der Waals surface area contributed by atoms with Crippen LogP contribution < -0.4 is 16.4 Å². The quantitative estimate of drug-likeness (QED) is 0.400. The van der Waals surface area contributed by atoms with Crippen molar-refractivity contribution in [3.63, 3.8) is 0 Å². The Hall–Kier alpha value is -3.43. The molecule has 2 heterocycles. The van der Waals surface area contributed by atoms with Gasteiger partial charge >= 0.3 is 0 Å². The number of anilines is 1. The van der Waals surface area contributed by atoms with Crippen molar-refractivity contribution in [1.82, 2.24) is 9.47 Å². The van der Waals surface area contributed by atoms with Gasteiger partial charge in [-0.15, -0.1) is 0 Å². The van der Waals surface area contributed by atoms with Crippen LogP contribution in [0.4, 0.5) is 10.2 Å². The van der Waals surface area contributed by atoms with Crippen molar-refractivity contribution >= 4 is 45.9 Å². The van der Waals surface area contributed by atoms with Crippen LogP contribution in [0.15, 0.2) is 36.4 Å². The van der Waals surface area contributed by atoms with Gasteiger partial charge in [0.05, 0.1) is 21.7 Å². The molecule has 1 saturated heterocycles. The number of carbonyl (C=O) groups is 3. The number of hydrogen-bond acceptors (Lipinski definition) is 5. The molecule has 0 saturated carbocycles. The van der Waals surface area contributed by atoms with Crippen LogP contribution in [0.2, 0.25) is 5.02 Å². The first-order valence-electron chi connectivity index (χ1n) is 11.2. The summed E-state index contributed by atoms with van der Waals surface area (Å²) >= 11 is 6.28. The van der Waals surface area contributed by atoms with Gasteiger partial charge in [-0.1, -0.05) is 23.7 Å². The predicted molar refractivity (Wildman–Crippen MR) is 133 cm³/mol. The van der Waals surface area contributed by atoms with Crippen molar-refractivity contribution in [2.24, 2.45) is 18.5 Å². The lowest BCUT2D eigenvalue weighted by atomic mass is 10.0. The van der Waals surface area contributed by atoms with Crippen LogP contribution in [0.25, 0.3) is 10.9 Å². The SMILES string of the molecule is C[C@@H]1CN(Cc2ccc(F)cc2)[C@@H](C)CN1c1c(C(=O)C(N)=O)c2cc(C(N)=O)c(Cl)cc2n1C. The molecule has 1 aliphatic heterocycles. The minimum absolute atomic E-state index is 0.0415. The van der Waals surface area contributed by atoms with E-state index in [0.29, 0.717) is 36.4 Å². The van der Waals surface area contributed by atoms with Crippen LogP contribution in [0.5, 0.6) is 0 Å². The molecule has 1 fully saturated rings. The van der Waals surface area contributed by atoms with E-state index < -0.39 is 17.6 Å². The molecule has 2 amide bonds. The molecule has 1 aliphatic rings. The van der Waals surface area contributed by atoms with Crippen LogP contribution in [0.3, 0.4) is 0 Å². The van der Waals surface area contributed by atoms with E-state index in [-0.39, 0.29) is 34.1 Å². The summed E-state index contributed by atoms with van der Waals surface area (Å²) < 4.78 is 15.1. The third-order valence-corrected chi connectivity index (χ3v) is 6.97. The summed E-state index contributed by atoms with van der Waals surface area (Å²) in [5.74, 6) is -2.43. The van der Waals surface area contributed by atoms with E-state index >= 15 is 0 Å². The fourth-order valence-electron chi connectivity index (χ4n) is 4.85. The molecule has 8 nitrogen and oxygen atoms in total. The van der Waals surface area contributed by atoms with E-state index in [2.05, 4.69) is 16.7 Å². The molecule has 0 aliphatic carbocycles. The summed E-state index contributed by atoms with van der Waals surface area (Å²) in [5.41, 5.74) is 12.6. The van der Waals surface area contributed by atoms with Gasteiger partial charge in [0.25, 0.3) is 11.7 Å². The highest BCUT2D eigenvalue weighted by molar-refractivity contribution is 6.46. The Morgan fingerprint density at radius 2 is 1.71 bits per heavy atom. The van der Waals surface area contributed by atoms with Crippen molar-refractivity contribution < 1.29 is 18.8 Å². The van der Waals surface area contributed by atoms with E-state index in [9.17, 15) is 18.8 Å². The minimum atomic E-state index is -1.09. The number of halogens is 2. The highest BCUT2D eigenvalue weighted by Gasteiger charge is 2.35. The fraction of sp³-hybridized carbons (Fsp3) is 0.320. The lowest BCUT2D eigenvalue weighted by Gasteiger charge is -2.45. The largest absolute Gasteiger partial charge is 0.366 e. The molecule has 10 heteroatoms. The molecule has 35 heavy (non-hydrogen) atoms. The first-order valence-corrected chi connectivity index (χ1v) is 11.6. The molecule has 2 aromatic carbocycles. The highest BCUT2D eigenvalue weighted by Crippen LogP contribution is 2.37. The van der Waals surface area contributed by atoms with Gasteiger partial charge in [-0.2, -0.15) is 0 Å². The number of nitrogens with zero attached hydrogens (tertiary/aromatic N) is 3. The number of hydrogen-bond donors (Lipinski definition) is 2. The molecule has 0 spiro atoms. The zero-order valence-corrected chi connectivity index (χ0v) is 20.5. The molecule has 4 rings (SSSR count). The number of primary amides is 2. The first-order chi connectivity index (χ1) is 16.5. The standard InChI is InChI=1S/C25H27ClFN5O3/c1-13-11-32(14(2)10-31(13)12-15-4-6-16(27)7-5-15)25-21(22(33)24(29)35)18-8-17(23(28)34)19(26)9-20(18)30(25)3/h4-9,13-14H,10-12H2,1-3H3,(H2,28,34)(H2,29,35)/t13-,14+/m0/s1. The zero-order chi connectivity index (χ0) is 25.6. The van der Waals surface area contributed by atoms with Gasteiger partial charge in [0.2, 0.25) is 5.91 Å². The summed E-state index contributed by atoms with van der Waals surface area (Å²) in [7, 11) is 1.78. The number of nitrogens with two attached hydrogens (primary N) is 2. The van der Waals surface area contributed by atoms with Gasteiger partial charge < -0.3 is 20.9 Å². The Morgan fingerprint density at radius 3 is 2.31 bits per heavy atom. The maximum Gasteiger partial charge on any atom is 0.289 e. The maximum absolute atomic E-state index is 13.3. The number of aryl methyl sites for hydroxylation is 1. The summed E-state index contributed by atoms with van der Waals surface area (Å²) in [4.78, 5) is 41.3. The third kappa shape index (κ3) is 4.49. The summed E-state index contributed by atoms with van der Waals surface area (Å²) in [6.07, 6.45) is 0. The zero-order valence-electron chi connectivity index (χ0n) is 19.7. The Labute approximate surface area is 207 Å². The van der Waals surface area contributed by atoms with Gasteiger partial charge in [-0.25, -0.2) is 4.39 Å². The molecule has 0 unspecified atom stereocenters. The summed E-state index contributed by atoms with van der Waals surface area (Å²) in [6.45, 7) is 5.98. The second kappa shape index (κ2) is 9.31. The second-order valence-electron chi connectivity index (χ2n) is 9.07.